The Balaban J connectivity index is 1.90. The summed E-state index contributed by atoms with van der Waals surface area (Å²) in [5.41, 5.74) is 3.33. The molecule has 0 fully saturated rings. The zero-order valence-electron chi connectivity index (χ0n) is 10.4. The molecule has 0 amide bonds. The largest absolute Gasteiger partial charge is 0.312 e. The fourth-order valence-corrected chi connectivity index (χ4v) is 3.13. The number of aromatic nitrogens is 2. The van der Waals surface area contributed by atoms with Gasteiger partial charge in [-0.25, -0.2) is 0 Å². The van der Waals surface area contributed by atoms with Gasteiger partial charge in [0.2, 0.25) is 5.91 Å². The van der Waals surface area contributed by atoms with Gasteiger partial charge in [-0.1, -0.05) is 0 Å². The quantitative estimate of drug-likeness (QED) is 0.922. The number of halogens is 1. The van der Waals surface area contributed by atoms with Gasteiger partial charge in [-0.15, -0.1) is 0 Å². The highest BCUT2D eigenvalue weighted by Gasteiger charge is 2.20. The Labute approximate surface area is 120 Å². The van der Waals surface area contributed by atoms with Gasteiger partial charge < -0.3 is 5.32 Å². The molecule has 98 valence electrons. The number of nitrogens with one attached hydrogen (secondary N) is 1. The molecule has 0 spiro atoms. The number of hydrogen-bond donors (Lipinski definition) is 1. The molecule has 0 atom stereocenters. The molecule has 3 rings (SSSR count). The Kier molecular flexibility index (Phi) is 3.48. The van der Waals surface area contributed by atoms with E-state index in [1.807, 2.05) is 18.2 Å². The molecule has 0 radical (unpaired) electrons. The minimum Gasteiger partial charge on any atom is -0.312 e. The number of fused-ring (bicyclic) bond motifs is 1. The Morgan fingerprint density at radius 1 is 1.42 bits per heavy atom. The molecule has 0 unspecified atom stereocenters. The molecule has 3 heterocycles. The van der Waals surface area contributed by atoms with Crippen LogP contribution in [0, 0.1) is 0 Å². The second kappa shape index (κ2) is 5.27. The topological polar surface area (TPSA) is 46.9 Å². The van der Waals surface area contributed by atoms with Crippen LogP contribution in [0.25, 0.3) is 0 Å². The van der Waals surface area contributed by atoms with Gasteiger partial charge in [0.05, 0.1) is 11.0 Å². The first-order valence-electron chi connectivity index (χ1n) is 6.27. The number of rotatable bonds is 2. The number of carbonyl (C=O) groups excluding carboxylic acids is 1. The monoisotopic (exact) mass is 319 g/mol. The maximum Gasteiger partial charge on any atom is 0.236 e. The molecule has 0 bridgehead atoms. The fraction of sp³-hybridized carbons (Fsp3) is 0.286. The van der Waals surface area contributed by atoms with Crippen molar-refractivity contribution in [3.63, 3.8) is 0 Å². The van der Waals surface area contributed by atoms with E-state index in [-0.39, 0.29) is 5.91 Å². The summed E-state index contributed by atoms with van der Waals surface area (Å²) in [6.07, 6.45) is 4.72. The van der Waals surface area contributed by atoms with Crippen LogP contribution in [-0.4, -0.2) is 22.0 Å². The highest BCUT2D eigenvalue weighted by Crippen LogP contribution is 2.24. The van der Waals surface area contributed by atoms with Crippen molar-refractivity contribution in [2.24, 2.45) is 0 Å². The van der Waals surface area contributed by atoms with Crippen molar-refractivity contribution in [1.29, 1.82) is 0 Å². The molecule has 2 aromatic heterocycles. The van der Waals surface area contributed by atoms with Gasteiger partial charge in [-0.2, -0.15) is 0 Å². The summed E-state index contributed by atoms with van der Waals surface area (Å²) in [5.74, 6) is 0.0984. The second-order valence-corrected chi connectivity index (χ2v) is 5.44. The van der Waals surface area contributed by atoms with Crippen LogP contribution >= 0.6 is 15.9 Å². The summed E-state index contributed by atoms with van der Waals surface area (Å²) in [4.78, 5) is 16.4. The SMILES string of the molecule is O=C(Cc1ccncc1)n1c(Br)cc2c1CCNC2. The van der Waals surface area contributed by atoms with E-state index in [9.17, 15) is 4.79 Å². The van der Waals surface area contributed by atoms with E-state index in [0.29, 0.717) is 6.42 Å². The fourth-order valence-electron chi connectivity index (χ4n) is 2.44. The summed E-state index contributed by atoms with van der Waals surface area (Å²) >= 11 is 3.49. The minimum atomic E-state index is 0.0984. The van der Waals surface area contributed by atoms with E-state index in [2.05, 4.69) is 26.2 Å². The van der Waals surface area contributed by atoms with Crippen LogP contribution in [0.3, 0.4) is 0 Å². The van der Waals surface area contributed by atoms with Crippen molar-refractivity contribution < 1.29 is 4.79 Å². The van der Waals surface area contributed by atoms with Crippen LogP contribution in [0.5, 0.6) is 0 Å². The maximum absolute atomic E-state index is 12.5. The zero-order valence-corrected chi connectivity index (χ0v) is 12.0. The summed E-state index contributed by atoms with van der Waals surface area (Å²) in [6, 6.07) is 5.79. The number of pyridine rings is 1. The Bertz CT molecular complexity index is 607. The molecule has 2 aromatic rings. The van der Waals surface area contributed by atoms with Gasteiger partial charge in [-0.05, 0) is 45.3 Å². The van der Waals surface area contributed by atoms with Crippen LogP contribution in [0.15, 0.2) is 35.2 Å². The zero-order chi connectivity index (χ0) is 13.2. The maximum atomic E-state index is 12.5. The predicted octanol–water partition coefficient (Wildman–Crippen LogP) is 2.17. The van der Waals surface area contributed by atoms with Crippen molar-refractivity contribution in [2.75, 3.05) is 6.54 Å². The normalized spacial score (nSPS) is 14.2. The average Bonchev–Trinajstić information content (AvgIpc) is 2.75. The van der Waals surface area contributed by atoms with E-state index in [1.165, 1.54) is 5.56 Å². The minimum absolute atomic E-state index is 0.0984. The summed E-state index contributed by atoms with van der Waals surface area (Å²) in [7, 11) is 0. The van der Waals surface area contributed by atoms with Gasteiger partial charge in [0.25, 0.3) is 0 Å². The highest BCUT2D eigenvalue weighted by atomic mass is 79.9. The van der Waals surface area contributed by atoms with Crippen molar-refractivity contribution in [3.05, 3.63) is 52.0 Å². The van der Waals surface area contributed by atoms with Crippen molar-refractivity contribution >= 4 is 21.8 Å². The Morgan fingerprint density at radius 3 is 3.00 bits per heavy atom. The smallest absolute Gasteiger partial charge is 0.236 e. The Hall–Kier alpha value is -1.46. The van der Waals surface area contributed by atoms with Crippen molar-refractivity contribution in [1.82, 2.24) is 14.9 Å². The average molecular weight is 320 g/mol. The van der Waals surface area contributed by atoms with Crippen LogP contribution < -0.4 is 5.32 Å². The van der Waals surface area contributed by atoms with E-state index in [4.69, 9.17) is 0 Å². The molecule has 0 saturated heterocycles. The van der Waals surface area contributed by atoms with E-state index >= 15 is 0 Å². The molecule has 0 aromatic carbocycles. The lowest BCUT2D eigenvalue weighted by molar-refractivity contribution is 0.0908. The number of hydrogen-bond acceptors (Lipinski definition) is 3. The molecule has 1 aliphatic rings. The van der Waals surface area contributed by atoms with Crippen LogP contribution in [0.1, 0.15) is 21.6 Å². The van der Waals surface area contributed by atoms with Crippen LogP contribution in [-0.2, 0) is 19.4 Å². The number of carbonyl (C=O) groups is 1. The van der Waals surface area contributed by atoms with Gasteiger partial charge in [0.15, 0.2) is 0 Å². The standard InChI is InChI=1S/C14H14BrN3O/c15-13-8-11-9-17-6-3-12(11)18(13)14(19)7-10-1-4-16-5-2-10/h1-2,4-5,8,17H,3,6-7,9H2. The Morgan fingerprint density at radius 2 is 2.21 bits per heavy atom. The van der Waals surface area contributed by atoms with Gasteiger partial charge in [0, 0.05) is 37.6 Å². The molecule has 4 nitrogen and oxygen atoms in total. The second-order valence-electron chi connectivity index (χ2n) is 4.63. The van der Waals surface area contributed by atoms with Gasteiger partial charge >= 0.3 is 0 Å². The van der Waals surface area contributed by atoms with E-state index in [1.54, 1.807) is 17.0 Å². The van der Waals surface area contributed by atoms with Crippen LogP contribution in [0.2, 0.25) is 0 Å². The lowest BCUT2D eigenvalue weighted by atomic mass is 10.1. The molecule has 1 N–H and O–H groups in total. The third-order valence-electron chi connectivity index (χ3n) is 3.36. The van der Waals surface area contributed by atoms with E-state index < -0.39 is 0 Å². The molecular formula is C14H14BrN3O. The summed E-state index contributed by atoms with van der Waals surface area (Å²) in [6.45, 7) is 1.76. The van der Waals surface area contributed by atoms with Gasteiger partial charge in [-0.3, -0.25) is 14.3 Å². The lowest BCUT2D eigenvalue weighted by Crippen LogP contribution is -2.26. The predicted molar refractivity (Wildman–Crippen MR) is 76.1 cm³/mol. The van der Waals surface area contributed by atoms with Crippen LogP contribution in [0.4, 0.5) is 0 Å². The molecule has 19 heavy (non-hydrogen) atoms. The first-order valence-corrected chi connectivity index (χ1v) is 7.07. The highest BCUT2D eigenvalue weighted by molar-refractivity contribution is 9.10. The summed E-state index contributed by atoms with van der Waals surface area (Å²) < 4.78 is 2.65. The molecular weight excluding hydrogens is 306 g/mol. The molecule has 5 heteroatoms. The van der Waals surface area contributed by atoms with Crippen molar-refractivity contribution in [2.45, 2.75) is 19.4 Å². The summed E-state index contributed by atoms with van der Waals surface area (Å²) in [5, 5.41) is 3.32. The third kappa shape index (κ3) is 2.48. The first kappa shape index (κ1) is 12.6. The first-order chi connectivity index (χ1) is 9.25. The van der Waals surface area contributed by atoms with Gasteiger partial charge in [0.1, 0.15) is 0 Å². The molecule has 0 saturated carbocycles. The third-order valence-corrected chi connectivity index (χ3v) is 3.94. The molecule has 0 aliphatic carbocycles. The van der Waals surface area contributed by atoms with E-state index in [0.717, 1.165) is 35.4 Å². The molecule has 1 aliphatic heterocycles. The lowest BCUT2D eigenvalue weighted by Gasteiger charge is -2.16. The van der Waals surface area contributed by atoms with Crippen molar-refractivity contribution in [3.8, 4) is 0 Å². The number of nitrogens with zero attached hydrogens (tertiary/aromatic N) is 2.